The van der Waals surface area contributed by atoms with Crippen LogP contribution in [0.4, 0.5) is 18.9 Å². The molecule has 0 heterocycles. The first-order valence-corrected chi connectivity index (χ1v) is 5.77. The molecule has 0 radical (unpaired) electrons. The van der Waals surface area contributed by atoms with Gasteiger partial charge < -0.3 is 10.2 Å². The first-order chi connectivity index (χ1) is 8.75. The SMILES string of the molecule is CC(CNc1ccc(C(F)(F)F)c(C#N)c1)N(C)C. The van der Waals surface area contributed by atoms with Crippen molar-refractivity contribution in [2.45, 2.75) is 19.1 Å². The van der Waals surface area contributed by atoms with E-state index in [-0.39, 0.29) is 11.6 Å². The van der Waals surface area contributed by atoms with Crippen molar-refractivity contribution >= 4 is 5.69 Å². The Morgan fingerprint density at radius 1 is 1.37 bits per heavy atom. The summed E-state index contributed by atoms with van der Waals surface area (Å²) in [5.41, 5.74) is -0.755. The van der Waals surface area contributed by atoms with Gasteiger partial charge >= 0.3 is 6.18 Å². The highest BCUT2D eigenvalue weighted by molar-refractivity contribution is 5.53. The maximum atomic E-state index is 12.6. The minimum absolute atomic E-state index is 0.229. The summed E-state index contributed by atoms with van der Waals surface area (Å²) in [7, 11) is 3.83. The lowest BCUT2D eigenvalue weighted by Crippen LogP contribution is -2.31. The van der Waals surface area contributed by atoms with E-state index in [4.69, 9.17) is 5.26 Å². The molecule has 0 spiro atoms. The quantitative estimate of drug-likeness (QED) is 0.915. The summed E-state index contributed by atoms with van der Waals surface area (Å²) in [6, 6.07) is 5.31. The zero-order chi connectivity index (χ0) is 14.6. The average molecular weight is 271 g/mol. The van der Waals surface area contributed by atoms with Crippen molar-refractivity contribution in [2.24, 2.45) is 0 Å². The highest BCUT2D eigenvalue weighted by Gasteiger charge is 2.33. The fourth-order valence-corrected chi connectivity index (χ4v) is 1.44. The second-order valence-corrected chi connectivity index (χ2v) is 4.56. The van der Waals surface area contributed by atoms with Gasteiger partial charge in [-0.1, -0.05) is 0 Å². The Morgan fingerprint density at radius 2 is 2.00 bits per heavy atom. The molecule has 3 nitrogen and oxygen atoms in total. The van der Waals surface area contributed by atoms with Gasteiger partial charge in [0.15, 0.2) is 0 Å². The fraction of sp³-hybridized carbons (Fsp3) is 0.462. The lowest BCUT2D eigenvalue weighted by atomic mass is 10.1. The Morgan fingerprint density at radius 3 is 2.47 bits per heavy atom. The van der Waals surface area contributed by atoms with Crippen molar-refractivity contribution in [1.29, 1.82) is 5.26 Å². The summed E-state index contributed by atoms with van der Waals surface area (Å²) in [6.07, 6.45) is -4.50. The van der Waals surface area contributed by atoms with Crippen molar-refractivity contribution in [3.05, 3.63) is 29.3 Å². The molecule has 0 aliphatic carbocycles. The number of nitriles is 1. The molecule has 1 N–H and O–H groups in total. The van der Waals surface area contributed by atoms with Crippen LogP contribution in [0.5, 0.6) is 0 Å². The molecule has 0 saturated carbocycles. The van der Waals surface area contributed by atoms with Crippen LogP contribution in [0.1, 0.15) is 18.1 Å². The third-order valence-corrected chi connectivity index (χ3v) is 2.93. The Labute approximate surface area is 110 Å². The monoisotopic (exact) mass is 271 g/mol. The topological polar surface area (TPSA) is 39.1 Å². The predicted molar refractivity (Wildman–Crippen MR) is 67.8 cm³/mol. The molecule has 0 amide bonds. The maximum absolute atomic E-state index is 12.6. The Bertz CT molecular complexity index is 475. The lowest BCUT2D eigenvalue weighted by Gasteiger charge is -2.21. The zero-order valence-electron chi connectivity index (χ0n) is 11.0. The maximum Gasteiger partial charge on any atom is 0.417 e. The van der Waals surface area contributed by atoms with Crippen molar-refractivity contribution in [1.82, 2.24) is 4.90 Å². The second-order valence-electron chi connectivity index (χ2n) is 4.56. The third kappa shape index (κ3) is 4.14. The molecule has 0 fully saturated rings. The van der Waals surface area contributed by atoms with E-state index in [0.717, 1.165) is 6.07 Å². The average Bonchev–Trinajstić information content (AvgIpc) is 2.34. The van der Waals surface area contributed by atoms with E-state index in [9.17, 15) is 13.2 Å². The first-order valence-electron chi connectivity index (χ1n) is 5.77. The summed E-state index contributed by atoms with van der Waals surface area (Å²) in [6.45, 7) is 2.57. The number of rotatable bonds is 4. The van der Waals surface area contributed by atoms with Gasteiger partial charge in [0.2, 0.25) is 0 Å². The molecular formula is C13H16F3N3. The van der Waals surface area contributed by atoms with Gasteiger partial charge in [0.25, 0.3) is 0 Å². The van der Waals surface area contributed by atoms with Crippen LogP contribution in [-0.4, -0.2) is 31.6 Å². The van der Waals surface area contributed by atoms with Crippen LogP contribution in [-0.2, 0) is 6.18 Å². The fourth-order valence-electron chi connectivity index (χ4n) is 1.44. The molecule has 1 rings (SSSR count). The molecule has 19 heavy (non-hydrogen) atoms. The summed E-state index contributed by atoms with van der Waals surface area (Å²) < 4.78 is 37.8. The minimum Gasteiger partial charge on any atom is -0.383 e. The van der Waals surface area contributed by atoms with E-state index < -0.39 is 11.7 Å². The smallest absolute Gasteiger partial charge is 0.383 e. The van der Waals surface area contributed by atoms with Gasteiger partial charge in [-0.05, 0) is 39.2 Å². The van der Waals surface area contributed by atoms with Crippen LogP contribution >= 0.6 is 0 Å². The van der Waals surface area contributed by atoms with Gasteiger partial charge in [-0.2, -0.15) is 18.4 Å². The van der Waals surface area contributed by atoms with Crippen LogP contribution in [0.25, 0.3) is 0 Å². The molecule has 1 unspecified atom stereocenters. The Hall–Kier alpha value is -1.74. The molecule has 1 atom stereocenters. The number of likely N-dealkylation sites (N-methyl/N-ethyl adjacent to an activating group) is 1. The number of anilines is 1. The van der Waals surface area contributed by atoms with E-state index in [1.807, 2.05) is 25.9 Å². The number of nitrogens with one attached hydrogen (secondary N) is 1. The van der Waals surface area contributed by atoms with Crippen LogP contribution in [0.15, 0.2) is 18.2 Å². The first kappa shape index (κ1) is 15.3. The predicted octanol–water partition coefficient (Wildman–Crippen LogP) is 2.94. The van der Waals surface area contributed by atoms with Crippen LogP contribution < -0.4 is 5.32 Å². The van der Waals surface area contributed by atoms with Crippen molar-refractivity contribution in [2.75, 3.05) is 26.0 Å². The van der Waals surface area contributed by atoms with E-state index in [1.165, 1.54) is 12.1 Å². The molecule has 0 saturated heterocycles. The number of hydrogen-bond acceptors (Lipinski definition) is 3. The second kappa shape index (κ2) is 5.93. The minimum atomic E-state index is -4.50. The lowest BCUT2D eigenvalue weighted by molar-refractivity contribution is -0.137. The van der Waals surface area contributed by atoms with Crippen LogP contribution in [0.3, 0.4) is 0 Å². The van der Waals surface area contributed by atoms with Gasteiger partial charge in [0, 0.05) is 18.3 Å². The number of alkyl halides is 3. The molecule has 1 aromatic rings. The van der Waals surface area contributed by atoms with Gasteiger partial charge in [0.05, 0.1) is 17.2 Å². The van der Waals surface area contributed by atoms with Crippen molar-refractivity contribution < 1.29 is 13.2 Å². The van der Waals surface area contributed by atoms with Gasteiger partial charge in [-0.15, -0.1) is 0 Å². The largest absolute Gasteiger partial charge is 0.417 e. The molecule has 6 heteroatoms. The molecule has 1 aromatic carbocycles. The van der Waals surface area contributed by atoms with Gasteiger partial charge in [-0.3, -0.25) is 0 Å². The zero-order valence-corrected chi connectivity index (χ0v) is 11.0. The summed E-state index contributed by atoms with van der Waals surface area (Å²) in [5.74, 6) is 0. The van der Waals surface area contributed by atoms with E-state index in [1.54, 1.807) is 6.07 Å². The summed E-state index contributed by atoms with van der Waals surface area (Å²) >= 11 is 0. The highest BCUT2D eigenvalue weighted by Crippen LogP contribution is 2.32. The van der Waals surface area contributed by atoms with E-state index in [0.29, 0.717) is 12.2 Å². The number of hydrogen-bond donors (Lipinski definition) is 1. The molecule has 0 bridgehead atoms. The highest BCUT2D eigenvalue weighted by atomic mass is 19.4. The van der Waals surface area contributed by atoms with Crippen molar-refractivity contribution in [3.8, 4) is 6.07 Å². The Balaban J connectivity index is 2.87. The Kier molecular flexibility index (Phi) is 4.78. The third-order valence-electron chi connectivity index (χ3n) is 2.93. The summed E-state index contributed by atoms with van der Waals surface area (Å²) in [5, 5.41) is 11.8. The molecule has 104 valence electrons. The van der Waals surface area contributed by atoms with E-state index >= 15 is 0 Å². The number of halogens is 3. The number of nitrogens with zero attached hydrogens (tertiary/aromatic N) is 2. The van der Waals surface area contributed by atoms with Crippen molar-refractivity contribution in [3.63, 3.8) is 0 Å². The summed E-state index contributed by atoms with van der Waals surface area (Å²) in [4.78, 5) is 1.99. The normalized spacial score (nSPS) is 13.2. The number of benzene rings is 1. The van der Waals surface area contributed by atoms with Gasteiger partial charge in [-0.25, -0.2) is 0 Å². The molecule has 0 aliphatic heterocycles. The molecular weight excluding hydrogens is 255 g/mol. The van der Waals surface area contributed by atoms with E-state index in [2.05, 4.69) is 5.32 Å². The van der Waals surface area contributed by atoms with Crippen LogP contribution in [0.2, 0.25) is 0 Å². The standard InChI is InChI=1S/C13H16F3N3/c1-9(19(2)3)8-18-11-4-5-12(13(14,15)16)10(6-11)7-17/h4-6,9,18H,8H2,1-3H3. The van der Waals surface area contributed by atoms with Crippen LogP contribution in [0, 0.1) is 11.3 Å². The van der Waals surface area contributed by atoms with Gasteiger partial charge in [0.1, 0.15) is 0 Å². The molecule has 0 aromatic heterocycles. The molecule has 0 aliphatic rings.